The topological polar surface area (TPSA) is 143 Å². The summed E-state index contributed by atoms with van der Waals surface area (Å²) >= 11 is 0. The van der Waals surface area contributed by atoms with E-state index in [1.165, 1.54) is 17.0 Å². The maximum Gasteiger partial charge on any atom is 0.345 e. The number of aromatic nitrogens is 2. The zero-order valence-electron chi connectivity index (χ0n) is 25.9. The highest BCUT2D eigenvalue weighted by Gasteiger charge is 2.39. The Morgan fingerprint density at radius 3 is 2.55 bits per heavy atom. The van der Waals surface area contributed by atoms with E-state index in [2.05, 4.69) is 20.6 Å². The van der Waals surface area contributed by atoms with Crippen molar-refractivity contribution in [1.29, 1.82) is 0 Å². The lowest BCUT2D eigenvalue weighted by atomic mass is 10.0. The molecule has 1 saturated heterocycles. The Morgan fingerprint density at radius 1 is 0.979 bits per heavy atom. The number of nitrogens with one attached hydrogen (secondary N) is 3. The van der Waals surface area contributed by atoms with E-state index in [0.717, 1.165) is 5.56 Å². The number of hydrogen-bond donors (Lipinski definition) is 3. The number of H-pyrrole nitrogens is 1. The van der Waals surface area contributed by atoms with Crippen LogP contribution in [0.15, 0.2) is 77.6 Å². The van der Waals surface area contributed by atoms with Crippen molar-refractivity contribution in [3.05, 3.63) is 112 Å². The number of halogens is 1. The highest BCUT2D eigenvalue weighted by Crippen LogP contribution is 2.27. The molecular formula is C35H34FN5O6. The van der Waals surface area contributed by atoms with Gasteiger partial charge in [-0.05, 0) is 71.5 Å². The van der Waals surface area contributed by atoms with E-state index in [1.807, 2.05) is 13.8 Å². The van der Waals surface area contributed by atoms with Crippen molar-refractivity contribution in [3.63, 3.8) is 0 Å². The molecule has 3 N–H and O–H groups in total. The maximum absolute atomic E-state index is 15.1. The SMILES string of the molecule is CC(C)Cc1cc(C(=O)N2C[C@@H]3NC(=O)c4cc(ccc4F)-c4cccc(c4)OCC(=O)NCc4ccc(cc4)O[C@H]3C2)nc(=O)[nH]1. The Labute approximate surface area is 270 Å². The number of fused-ring (bicyclic) bond motifs is 7. The first kappa shape index (κ1) is 31.5. The third kappa shape index (κ3) is 7.49. The average molecular weight is 640 g/mol. The highest BCUT2D eigenvalue weighted by atomic mass is 19.1. The molecule has 12 heteroatoms. The first-order valence-corrected chi connectivity index (χ1v) is 15.4. The third-order valence-electron chi connectivity index (χ3n) is 7.97. The molecule has 4 aromatic rings. The number of ether oxygens (including phenoxy) is 2. The minimum Gasteiger partial charge on any atom is -0.486 e. The van der Waals surface area contributed by atoms with Crippen molar-refractivity contribution in [2.24, 2.45) is 5.92 Å². The minimum absolute atomic E-state index is 0.0103. The summed E-state index contributed by atoms with van der Waals surface area (Å²) in [5.74, 6) is -1.05. The van der Waals surface area contributed by atoms with Gasteiger partial charge >= 0.3 is 5.69 Å². The van der Waals surface area contributed by atoms with Crippen LogP contribution in [0.2, 0.25) is 0 Å². The average Bonchev–Trinajstić information content (AvgIpc) is 3.44. The van der Waals surface area contributed by atoms with Gasteiger partial charge in [-0.2, -0.15) is 4.98 Å². The molecule has 47 heavy (non-hydrogen) atoms. The molecule has 6 bridgehead atoms. The second-order valence-electron chi connectivity index (χ2n) is 12.1. The van der Waals surface area contributed by atoms with Crippen LogP contribution in [-0.4, -0.2) is 64.4 Å². The van der Waals surface area contributed by atoms with Crippen LogP contribution in [0.4, 0.5) is 4.39 Å². The molecule has 3 aliphatic heterocycles. The van der Waals surface area contributed by atoms with Gasteiger partial charge in [0.15, 0.2) is 6.61 Å². The van der Waals surface area contributed by atoms with Crippen LogP contribution in [0.5, 0.6) is 11.5 Å². The molecule has 0 spiro atoms. The van der Waals surface area contributed by atoms with Gasteiger partial charge in [0, 0.05) is 18.8 Å². The second-order valence-corrected chi connectivity index (χ2v) is 12.1. The van der Waals surface area contributed by atoms with Gasteiger partial charge < -0.3 is 30.0 Å². The lowest BCUT2D eigenvalue weighted by Crippen LogP contribution is -2.45. The quantitative estimate of drug-likeness (QED) is 0.312. The Hall–Kier alpha value is -5.52. The molecule has 11 nitrogen and oxygen atoms in total. The molecule has 3 amide bonds. The summed E-state index contributed by atoms with van der Waals surface area (Å²) < 4.78 is 27.1. The van der Waals surface area contributed by atoms with E-state index in [-0.39, 0.29) is 49.3 Å². The van der Waals surface area contributed by atoms with Crippen molar-refractivity contribution < 1.29 is 28.2 Å². The summed E-state index contributed by atoms with van der Waals surface area (Å²) in [5, 5.41) is 5.71. The van der Waals surface area contributed by atoms with Gasteiger partial charge in [0.2, 0.25) is 0 Å². The molecule has 1 fully saturated rings. The van der Waals surface area contributed by atoms with Crippen LogP contribution in [0.1, 0.15) is 46.0 Å². The van der Waals surface area contributed by atoms with Crippen LogP contribution in [0.25, 0.3) is 11.1 Å². The third-order valence-corrected chi connectivity index (χ3v) is 7.97. The first-order chi connectivity index (χ1) is 22.6. The molecule has 3 aliphatic rings. The largest absolute Gasteiger partial charge is 0.486 e. The molecule has 0 saturated carbocycles. The summed E-state index contributed by atoms with van der Waals surface area (Å²) in [6.07, 6.45) is -0.152. The summed E-state index contributed by atoms with van der Waals surface area (Å²) in [6.45, 7) is 4.18. The summed E-state index contributed by atoms with van der Waals surface area (Å²) in [5.41, 5.74) is 1.82. The molecule has 242 valence electrons. The van der Waals surface area contributed by atoms with Crippen LogP contribution < -0.4 is 25.8 Å². The lowest BCUT2D eigenvalue weighted by Gasteiger charge is -2.21. The Balaban J connectivity index is 1.33. The fraction of sp³-hybridized carbons (Fsp3) is 0.286. The molecule has 2 atom stereocenters. The van der Waals surface area contributed by atoms with Crippen molar-refractivity contribution >= 4 is 17.7 Å². The number of carbonyl (C=O) groups is 3. The molecule has 0 aliphatic carbocycles. The van der Waals surface area contributed by atoms with Gasteiger partial charge in [-0.3, -0.25) is 14.4 Å². The van der Waals surface area contributed by atoms with E-state index in [9.17, 15) is 19.2 Å². The van der Waals surface area contributed by atoms with Crippen LogP contribution in [0, 0.1) is 11.7 Å². The lowest BCUT2D eigenvalue weighted by molar-refractivity contribution is -0.123. The van der Waals surface area contributed by atoms with Gasteiger partial charge in [-0.15, -0.1) is 0 Å². The van der Waals surface area contributed by atoms with E-state index >= 15 is 4.39 Å². The molecule has 0 radical (unpaired) electrons. The van der Waals surface area contributed by atoms with Crippen molar-refractivity contribution in [2.45, 2.75) is 39.0 Å². The fourth-order valence-electron chi connectivity index (χ4n) is 5.68. The number of carbonyl (C=O) groups excluding carboxylic acids is 3. The van der Waals surface area contributed by atoms with Crippen LogP contribution >= 0.6 is 0 Å². The Kier molecular flexibility index (Phi) is 9.01. The summed E-state index contributed by atoms with van der Waals surface area (Å²) in [7, 11) is 0. The van der Waals surface area contributed by atoms with Gasteiger partial charge in [-0.1, -0.05) is 44.2 Å². The molecule has 3 aromatic carbocycles. The summed E-state index contributed by atoms with van der Waals surface area (Å²) in [4.78, 5) is 60.1. The number of nitrogens with zero attached hydrogens (tertiary/aromatic N) is 2. The molecule has 0 unspecified atom stereocenters. The number of likely N-dealkylation sites (tertiary alicyclic amines) is 1. The number of rotatable bonds is 3. The van der Waals surface area contributed by atoms with E-state index in [1.54, 1.807) is 60.7 Å². The maximum atomic E-state index is 15.1. The zero-order chi connectivity index (χ0) is 33.1. The van der Waals surface area contributed by atoms with Gasteiger partial charge in [-0.25, -0.2) is 9.18 Å². The monoisotopic (exact) mass is 639 g/mol. The second kappa shape index (κ2) is 13.5. The first-order valence-electron chi connectivity index (χ1n) is 15.4. The smallest absolute Gasteiger partial charge is 0.345 e. The molecule has 7 rings (SSSR count). The van der Waals surface area contributed by atoms with Gasteiger partial charge in [0.1, 0.15) is 29.1 Å². The van der Waals surface area contributed by atoms with E-state index in [4.69, 9.17) is 9.47 Å². The van der Waals surface area contributed by atoms with Crippen LogP contribution in [-0.2, 0) is 17.8 Å². The van der Waals surface area contributed by atoms with Crippen molar-refractivity contribution in [2.75, 3.05) is 19.7 Å². The van der Waals surface area contributed by atoms with Gasteiger partial charge in [0.05, 0.1) is 18.2 Å². The zero-order valence-corrected chi connectivity index (χ0v) is 25.9. The van der Waals surface area contributed by atoms with E-state index in [0.29, 0.717) is 34.7 Å². The Bertz CT molecular complexity index is 1880. The van der Waals surface area contributed by atoms with Crippen LogP contribution in [0.3, 0.4) is 0 Å². The molecule has 4 heterocycles. The fourth-order valence-corrected chi connectivity index (χ4v) is 5.68. The number of hydrogen-bond acceptors (Lipinski definition) is 7. The normalized spacial score (nSPS) is 18.1. The predicted molar refractivity (Wildman–Crippen MR) is 171 cm³/mol. The minimum atomic E-state index is -0.729. The van der Waals surface area contributed by atoms with E-state index < -0.39 is 35.5 Å². The van der Waals surface area contributed by atoms with Crippen molar-refractivity contribution in [3.8, 4) is 22.6 Å². The van der Waals surface area contributed by atoms with Gasteiger partial charge in [0.25, 0.3) is 17.7 Å². The number of amides is 3. The predicted octanol–water partition coefficient (Wildman–Crippen LogP) is 3.49. The van der Waals surface area contributed by atoms with Crippen molar-refractivity contribution in [1.82, 2.24) is 25.5 Å². The number of aromatic amines is 1. The molecular weight excluding hydrogens is 605 g/mol. The standard InChI is InChI=1S/C35H34FN5O6/c1-20(2)12-24-15-29(40-35(45)38-24)34(44)41-17-30-31(18-41)47-25-9-6-21(7-10-25)16-37-32(42)19-46-26-5-3-4-22(13-26)23-8-11-28(36)27(14-23)33(43)39-30/h3-11,13-15,20,30-31H,12,16-19H2,1-2H3,(H,37,42)(H,39,43)(H,38,40,45)/t30-,31-/m0/s1. The number of benzene rings is 3. The summed E-state index contributed by atoms with van der Waals surface area (Å²) in [6, 6.07) is 19.0. The highest BCUT2D eigenvalue weighted by molar-refractivity contribution is 5.96. The molecule has 1 aromatic heterocycles. The Morgan fingerprint density at radius 2 is 1.77 bits per heavy atom.